The van der Waals surface area contributed by atoms with Crippen molar-refractivity contribution in [3.63, 3.8) is 0 Å². The number of aliphatic hydroxyl groups is 2. The molecule has 3 saturated carbocycles. The van der Waals surface area contributed by atoms with E-state index in [1.807, 2.05) is 13.0 Å². The van der Waals surface area contributed by atoms with Crippen LogP contribution >= 0.6 is 0 Å². The van der Waals surface area contributed by atoms with Crippen LogP contribution in [0, 0.1) is 28.6 Å². The van der Waals surface area contributed by atoms with Crippen molar-refractivity contribution in [3.8, 4) is 0 Å². The van der Waals surface area contributed by atoms with Crippen LogP contribution in [-0.2, 0) is 14.3 Å². The van der Waals surface area contributed by atoms with Gasteiger partial charge in [-0.1, -0.05) is 25.5 Å². The molecule has 7 atom stereocenters. The van der Waals surface area contributed by atoms with Crippen molar-refractivity contribution in [3.05, 3.63) is 23.8 Å². The van der Waals surface area contributed by atoms with Gasteiger partial charge in [0.05, 0.1) is 12.2 Å². The summed E-state index contributed by atoms with van der Waals surface area (Å²) in [7, 11) is 0. The molecule has 0 aromatic rings. The van der Waals surface area contributed by atoms with Crippen molar-refractivity contribution < 1.29 is 24.5 Å². The second-order valence-corrected chi connectivity index (χ2v) is 10.1. The molecule has 4 aliphatic carbocycles. The van der Waals surface area contributed by atoms with Crippen molar-refractivity contribution in [1.29, 1.82) is 0 Å². The van der Waals surface area contributed by atoms with Crippen LogP contribution in [0.1, 0.15) is 59.8 Å². The third-order valence-electron chi connectivity index (χ3n) is 8.33. The van der Waals surface area contributed by atoms with Crippen molar-refractivity contribution >= 4 is 11.8 Å². The van der Waals surface area contributed by atoms with Crippen LogP contribution in [0.25, 0.3) is 0 Å². The molecule has 2 N–H and O–H groups in total. The van der Waals surface area contributed by atoms with Gasteiger partial charge in [0.1, 0.15) is 0 Å². The Hall–Kier alpha value is -1.46. The zero-order valence-electron chi connectivity index (χ0n) is 17.3. The van der Waals surface area contributed by atoms with Gasteiger partial charge in [-0.25, -0.2) is 4.79 Å². The van der Waals surface area contributed by atoms with E-state index in [4.69, 9.17) is 4.74 Å². The Bertz CT molecular complexity index is 767. The average molecular weight is 389 g/mol. The number of aliphatic hydroxyl groups excluding tert-OH is 1. The normalized spacial score (nSPS) is 47.2. The zero-order chi connectivity index (χ0) is 20.5. The van der Waals surface area contributed by atoms with Crippen molar-refractivity contribution in [2.45, 2.75) is 77.6 Å². The number of ether oxygens (including phenoxy) is 1. The summed E-state index contributed by atoms with van der Waals surface area (Å²) in [4.78, 5) is 24.7. The Morgan fingerprint density at radius 2 is 2.00 bits per heavy atom. The van der Waals surface area contributed by atoms with E-state index in [2.05, 4.69) is 6.92 Å². The Kier molecular flexibility index (Phi) is 4.44. The Balaban J connectivity index is 1.70. The average Bonchev–Trinajstić information content (AvgIpc) is 2.87. The van der Waals surface area contributed by atoms with Crippen LogP contribution in [0.2, 0.25) is 0 Å². The fourth-order valence-corrected chi connectivity index (χ4v) is 6.98. The van der Waals surface area contributed by atoms with Crippen LogP contribution in [0.5, 0.6) is 0 Å². The lowest BCUT2D eigenvalue weighted by molar-refractivity contribution is -0.200. The molecular formula is C23H32O5. The van der Waals surface area contributed by atoms with E-state index in [9.17, 15) is 19.8 Å². The molecule has 0 spiro atoms. The predicted molar refractivity (Wildman–Crippen MR) is 104 cm³/mol. The predicted octanol–water partition coefficient (Wildman–Crippen LogP) is 2.95. The number of esters is 1. The molecule has 154 valence electrons. The highest BCUT2D eigenvalue weighted by atomic mass is 16.6. The van der Waals surface area contributed by atoms with Crippen LogP contribution in [0.4, 0.5) is 0 Å². The molecule has 0 aromatic heterocycles. The summed E-state index contributed by atoms with van der Waals surface area (Å²) < 4.78 is 5.41. The van der Waals surface area contributed by atoms with Gasteiger partial charge < -0.3 is 14.9 Å². The summed E-state index contributed by atoms with van der Waals surface area (Å²) in [5.74, 6) is -0.181. The standard InChI is InChI=1S/C23H32O5/c1-13(2)28-20(26)23(27)10-8-17-16-6-5-14-11-15(24)7-9-21(14,3)19(16)18(25)12-22(17,23)4/h7,9,11,13,16-19,25,27H,5-6,8,10,12H2,1-4H3/t16?,17?,18-,19?,21-,22-,23-/m0/s1. The van der Waals surface area contributed by atoms with Crippen molar-refractivity contribution in [2.24, 2.45) is 28.6 Å². The molecule has 5 nitrogen and oxygen atoms in total. The maximum absolute atomic E-state index is 12.8. The first kappa shape index (κ1) is 19.8. The summed E-state index contributed by atoms with van der Waals surface area (Å²) in [6, 6.07) is 0. The Labute approximate surface area is 166 Å². The Morgan fingerprint density at radius 1 is 1.29 bits per heavy atom. The fourth-order valence-electron chi connectivity index (χ4n) is 6.98. The lowest BCUT2D eigenvalue weighted by Crippen LogP contribution is -2.61. The molecule has 3 unspecified atom stereocenters. The highest BCUT2D eigenvalue weighted by molar-refractivity contribution is 6.01. The molecule has 3 fully saturated rings. The van der Waals surface area contributed by atoms with E-state index in [0.717, 1.165) is 24.8 Å². The summed E-state index contributed by atoms with van der Waals surface area (Å²) in [6.45, 7) is 7.65. The maximum Gasteiger partial charge on any atom is 0.338 e. The third-order valence-corrected chi connectivity index (χ3v) is 8.33. The molecule has 4 rings (SSSR count). The summed E-state index contributed by atoms with van der Waals surface area (Å²) in [6.07, 6.45) is 7.60. The molecule has 28 heavy (non-hydrogen) atoms. The fraction of sp³-hybridized carbons (Fsp3) is 0.739. The highest BCUT2D eigenvalue weighted by Gasteiger charge is 2.69. The van der Waals surface area contributed by atoms with E-state index < -0.39 is 23.1 Å². The highest BCUT2D eigenvalue weighted by Crippen LogP contribution is 2.67. The quantitative estimate of drug-likeness (QED) is 0.711. The van der Waals surface area contributed by atoms with Crippen LogP contribution in [0.15, 0.2) is 23.8 Å². The van der Waals surface area contributed by atoms with Crippen molar-refractivity contribution in [2.75, 3.05) is 0 Å². The molecule has 0 bridgehead atoms. The minimum absolute atomic E-state index is 0.00149. The van der Waals surface area contributed by atoms with Crippen LogP contribution in [0.3, 0.4) is 0 Å². The first-order valence-corrected chi connectivity index (χ1v) is 10.6. The largest absolute Gasteiger partial charge is 0.461 e. The second-order valence-electron chi connectivity index (χ2n) is 10.1. The Morgan fingerprint density at radius 3 is 2.68 bits per heavy atom. The van der Waals surface area contributed by atoms with Gasteiger partial charge in [0.2, 0.25) is 0 Å². The second kappa shape index (κ2) is 6.27. The molecule has 0 saturated heterocycles. The number of allylic oxidation sites excluding steroid dienone is 4. The molecule has 0 aliphatic heterocycles. The number of hydrogen-bond donors (Lipinski definition) is 2. The van der Waals surface area contributed by atoms with E-state index in [1.54, 1.807) is 26.0 Å². The summed E-state index contributed by atoms with van der Waals surface area (Å²) in [5.41, 5.74) is -1.48. The summed E-state index contributed by atoms with van der Waals surface area (Å²) in [5, 5.41) is 22.7. The van der Waals surface area contributed by atoms with Crippen molar-refractivity contribution in [1.82, 2.24) is 0 Å². The van der Waals surface area contributed by atoms with Gasteiger partial charge in [-0.15, -0.1) is 0 Å². The molecule has 0 amide bonds. The van der Waals surface area contributed by atoms with E-state index in [-0.39, 0.29) is 35.1 Å². The number of fused-ring (bicyclic) bond motifs is 5. The molecule has 0 radical (unpaired) electrons. The summed E-state index contributed by atoms with van der Waals surface area (Å²) >= 11 is 0. The van der Waals surface area contributed by atoms with Crippen LogP contribution < -0.4 is 0 Å². The smallest absolute Gasteiger partial charge is 0.338 e. The third kappa shape index (κ3) is 2.51. The molecule has 4 aliphatic rings. The number of carbonyl (C=O) groups is 2. The van der Waals surface area contributed by atoms with E-state index >= 15 is 0 Å². The number of hydrogen-bond acceptors (Lipinski definition) is 5. The van der Waals surface area contributed by atoms with Gasteiger partial charge in [-0.05, 0) is 69.9 Å². The molecule has 0 aromatic carbocycles. The van der Waals surface area contributed by atoms with E-state index in [0.29, 0.717) is 12.8 Å². The first-order valence-electron chi connectivity index (χ1n) is 10.6. The molecular weight excluding hydrogens is 356 g/mol. The topological polar surface area (TPSA) is 83.8 Å². The van der Waals surface area contributed by atoms with E-state index in [1.165, 1.54) is 0 Å². The molecule has 0 heterocycles. The van der Waals surface area contributed by atoms with Gasteiger partial charge in [-0.2, -0.15) is 0 Å². The minimum Gasteiger partial charge on any atom is -0.461 e. The number of carbonyl (C=O) groups excluding carboxylic acids is 2. The van der Waals surface area contributed by atoms with Gasteiger partial charge in [0, 0.05) is 16.7 Å². The first-order chi connectivity index (χ1) is 13.0. The maximum atomic E-state index is 12.8. The lowest BCUT2D eigenvalue weighted by Gasteiger charge is -2.59. The zero-order valence-corrected chi connectivity index (χ0v) is 17.3. The minimum atomic E-state index is -1.55. The van der Waals surface area contributed by atoms with Gasteiger partial charge in [-0.3, -0.25) is 4.79 Å². The number of rotatable bonds is 2. The molecule has 5 heteroatoms. The van der Waals surface area contributed by atoms with Gasteiger partial charge >= 0.3 is 5.97 Å². The SMILES string of the molecule is CC(C)OC(=O)[C@@]1(O)CCC2C3CCC4=CC(=O)C=C[C@]4(C)C3[C@@H](O)C[C@@]21C. The van der Waals surface area contributed by atoms with Crippen LogP contribution in [-0.4, -0.2) is 39.8 Å². The van der Waals surface area contributed by atoms with Gasteiger partial charge in [0.25, 0.3) is 0 Å². The number of ketones is 1. The monoisotopic (exact) mass is 388 g/mol. The van der Waals surface area contributed by atoms with Gasteiger partial charge in [0.15, 0.2) is 11.4 Å². The lowest BCUT2D eigenvalue weighted by atomic mass is 9.46.